The highest BCUT2D eigenvalue weighted by molar-refractivity contribution is 5.95. The van der Waals surface area contributed by atoms with Gasteiger partial charge in [0.1, 0.15) is 5.60 Å². The van der Waals surface area contributed by atoms with Crippen LogP contribution in [0.3, 0.4) is 0 Å². The first-order valence-corrected chi connectivity index (χ1v) is 8.61. The van der Waals surface area contributed by atoms with Crippen molar-refractivity contribution in [3.8, 4) is 0 Å². The average Bonchev–Trinajstić information content (AvgIpc) is 2.94. The second kappa shape index (κ2) is 6.74. The van der Waals surface area contributed by atoms with Gasteiger partial charge in [0, 0.05) is 5.92 Å². The normalized spacial score (nSPS) is 33.2. The number of nitrogens with one attached hydrogen (secondary N) is 2. The van der Waals surface area contributed by atoms with Crippen molar-refractivity contribution in [1.82, 2.24) is 10.6 Å². The predicted molar refractivity (Wildman–Crippen MR) is 90.8 cm³/mol. The zero-order valence-corrected chi connectivity index (χ0v) is 15.4. The second-order valence-corrected chi connectivity index (χ2v) is 7.62. The molecule has 0 spiro atoms. The molecule has 3 amide bonds. The van der Waals surface area contributed by atoms with Crippen molar-refractivity contribution in [1.29, 1.82) is 0 Å². The van der Waals surface area contributed by atoms with Crippen molar-refractivity contribution in [3.63, 3.8) is 0 Å². The van der Waals surface area contributed by atoms with Gasteiger partial charge in [-0.05, 0) is 33.6 Å². The lowest BCUT2D eigenvalue weighted by atomic mass is 9.78. The van der Waals surface area contributed by atoms with Crippen molar-refractivity contribution >= 4 is 24.6 Å². The summed E-state index contributed by atoms with van der Waals surface area (Å²) in [5, 5.41) is 4.82. The highest BCUT2D eigenvalue weighted by Gasteiger charge is 2.67. The molecule has 8 heteroatoms. The zero-order chi connectivity index (χ0) is 18.9. The van der Waals surface area contributed by atoms with Crippen LogP contribution < -0.4 is 10.6 Å². The van der Waals surface area contributed by atoms with E-state index in [1.54, 1.807) is 20.8 Å². The lowest BCUT2D eigenvalue weighted by molar-refractivity contribution is -0.132. The Morgan fingerprint density at radius 3 is 2.64 bits per heavy atom. The third-order valence-corrected chi connectivity index (χ3v) is 4.56. The van der Waals surface area contributed by atoms with E-state index in [0.717, 1.165) is 12.8 Å². The SMILES string of the molecule is CCCCC12N=CC(NC(=O)OC(C)(C)C)(O1)C(C(=O)NC=O)C2C. The Bertz CT molecular complexity index is 585. The molecule has 0 aliphatic carbocycles. The number of unbranched alkanes of at least 4 members (excludes halogenated alkanes) is 1. The minimum Gasteiger partial charge on any atom is -0.444 e. The molecule has 4 unspecified atom stereocenters. The highest BCUT2D eigenvalue weighted by Crippen LogP contribution is 2.52. The standard InChI is InChI=1S/C17H27N3O5/c1-6-7-8-16-11(2)12(13(22)18-10-21)17(25-16,9-19-16)20-14(23)24-15(3,4)5/h9-12H,6-8H2,1-5H3,(H,20,23)(H,18,21,22). The fourth-order valence-electron chi connectivity index (χ4n) is 3.48. The molecule has 25 heavy (non-hydrogen) atoms. The van der Waals surface area contributed by atoms with Gasteiger partial charge in [0.05, 0.1) is 12.1 Å². The molecule has 2 bridgehead atoms. The number of alkyl carbamates (subject to hydrolysis) is 1. The van der Waals surface area contributed by atoms with Gasteiger partial charge in [0.15, 0.2) is 11.4 Å². The zero-order valence-electron chi connectivity index (χ0n) is 15.4. The minimum atomic E-state index is -1.41. The van der Waals surface area contributed by atoms with Gasteiger partial charge in [-0.3, -0.25) is 25.2 Å². The van der Waals surface area contributed by atoms with E-state index in [2.05, 4.69) is 22.5 Å². The van der Waals surface area contributed by atoms with Gasteiger partial charge in [0.2, 0.25) is 12.3 Å². The Morgan fingerprint density at radius 2 is 2.08 bits per heavy atom. The van der Waals surface area contributed by atoms with E-state index in [1.807, 2.05) is 6.92 Å². The first-order valence-electron chi connectivity index (χ1n) is 8.61. The Morgan fingerprint density at radius 1 is 1.40 bits per heavy atom. The molecule has 0 radical (unpaired) electrons. The summed E-state index contributed by atoms with van der Waals surface area (Å²) >= 11 is 0. The van der Waals surface area contributed by atoms with Gasteiger partial charge in [-0.2, -0.15) is 0 Å². The summed E-state index contributed by atoms with van der Waals surface area (Å²) in [6, 6.07) is 0. The molecule has 0 aromatic carbocycles. The second-order valence-electron chi connectivity index (χ2n) is 7.62. The van der Waals surface area contributed by atoms with Crippen LogP contribution >= 0.6 is 0 Å². The first kappa shape index (κ1) is 19.4. The van der Waals surface area contributed by atoms with Crippen LogP contribution in [-0.2, 0) is 19.1 Å². The van der Waals surface area contributed by atoms with Crippen LogP contribution in [-0.4, -0.2) is 41.7 Å². The molecule has 2 aliphatic heterocycles. The molecule has 2 aliphatic rings. The van der Waals surface area contributed by atoms with E-state index < -0.39 is 35.0 Å². The Labute approximate surface area is 147 Å². The molecular weight excluding hydrogens is 326 g/mol. The molecule has 2 heterocycles. The van der Waals surface area contributed by atoms with Crippen molar-refractivity contribution in [2.45, 2.75) is 70.9 Å². The van der Waals surface area contributed by atoms with Crippen LogP contribution in [0.5, 0.6) is 0 Å². The highest BCUT2D eigenvalue weighted by atomic mass is 16.6. The third-order valence-electron chi connectivity index (χ3n) is 4.56. The molecule has 1 fully saturated rings. The van der Waals surface area contributed by atoms with Crippen molar-refractivity contribution in [2.24, 2.45) is 16.8 Å². The van der Waals surface area contributed by atoms with E-state index in [9.17, 15) is 14.4 Å². The monoisotopic (exact) mass is 353 g/mol. The summed E-state index contributed by atoms with van der Waals surface area (Å²) in [6.45, 7) is 9.13. The maximum Gasteiger partial charge on any atom is 0.410 e. The van der Waals surface area contributed by atoms with Crippen molar-refractivity contribution in [3.05, 3.63) is 0 Å². The third kappa shape index (κ3) is 3.68. The Kier molecular flexibility index (Phi) is 5.22. The molecule has 140 valence electrons. The smallest absolute Gasteiger partial charge is 0.410 e. The lowest BCUT2D eigenvalue weighted by Gasteiger charge is -2.32. The van der Waals surface area contributed by atoms with E-state index in [1.165, 1.54) is 6.21 Å². The number of nitrogens with zero attached hydrogens (tertiary/aromatic N) is 1. The number of carbonyl (C=O) groups excluding carboxylic acids is 3. The molecule has 0 saturated carbocycles. The van der Waals surface area contributed by atoms with Gasteiger partial charge in [-0.1, -0.05) is 20.3 Å². The van der Waals surface area contributed by atoms with Gasteiger partial charge in [-0.15, -0.1) is 0 Å². The van der Waals surface area contributed by atoms with Gasteiger partial charge in [-0.25, -0.2) is 4.79 Å². The number of ether oxygens (including phenoxy) is 2. The Hall–Kier alpha value is -1.96. The summed E-state index contributed by atoms with van der Waals surface area (Å²) in [7, 11) is 0. The average molecular weight is 353 g/mol. The Balaban J connectivity index is 2.29. The maximum absolute atomic E-state index is 12.5. The summed E-state index contributed by atoms with van der Waals surface area (Å²) in [5.41, 5.74) is -2.99. The van der Waals surface area contributed by atoms with Gasteiger partial charge in [0.25, 0.3) is 0 Å². The summed E-state index contributed by atoms with van der Waals surface area (Å²) < 4.78 is 11.4. The number of aliphatic imine (C=N–C) groups is 1. The number of fused-ring (bicyclic) bond motifs is 2. The molecule has 2 N–H and O–H groups in total. The van der Waals surface area contributed by atoms with Gasteiger partial charge < -0.3 is 9.47 Å². The number of hydrogen-bond donors (Lipinski definition) is 2. The van der Waals surface area contributed by atoms with Crippen LogP contribution in [0.15, 0.2) is 4.99 Å². The summed E-state index contributed by atoms with van der Waals surface area (Å²) in [5.74, 6) is -1.60. The predicted octanol–water partition coefficient (Wildman–Crippen LogP) is 1.73. The fourth-order valence-corrected chi connectivity index (χ4v) is 3.48. The molecule has 0 aromatic rings. The van der Waals surface area contributed by atoms with Gasteiger partial charge >= 0.3 is 6.09 Å². The number of carbonyl (C=O) groups is 3. The van der Waals surface area contributed by atoms with E-state index in [4.69, 9.17) is 9.47 Å². The van der Waals surface area contributed by atoms with E-state index >= 15 is 0 Å². The van der Waals surface area contributed by atoms with Crippen molar-refractivity contribution < 1.29 is 23.9 Å². The number of rotatable bonds is 6. The maximum atomic E-state index is 12.5. The van der Waals surface area contributed by atoms with E-state index in [-0.39, 0.29) is 5.92 Å². The van der Waals surface area contributed by atoms with Crippen molar-refractivity contribution in [2.75, 3.05) is 0 Å². The number of amides is 3. The largest absolute Gasteiger partial charge is 0.444 e. The molecule has 8 nitrogen and oxygen atoms in total. The topological polar surface area (TPSA) is 106 Å². The van der Waals surface area contributed by atoms with Crippen LogP contribution in [0.25, 0.3) is 0 Å². The molecule has 2 rings (SSSR count). The molecule has 4 atom stereocenters. The fraction of sp³-hybridized carbons (Fsp3) is 0.765. The summed E-state index contributed by atoms with van der Waals surface area (Å²) in [6.07, 6.45) is 3.53. The molecule has 0 aromatic heterocycles. The molecular formula is C17H27N3O5. The molecule has 1 saturated heterocycles. The number of imide groups is 1. The van der Waals surface area contributed by atoms with Crippen LogP contribution in [0.2, 0.25) is 0 Å². The summed E-state index contributed by atoms with van der Waals surface area (Å²) in [4.78, 5) is 39.9. The first-order chi connectivity index (χ1) is 11.6. The lowest BCUT2D eigenvalue weighted by Crippen LogP contribution is -2.59. The van der Waals surface area contributed by atoms with E-state index in [0.29, 0.717) is 12.8 Å². The van der Waals surface area contributed by atoms with Crippen LogP contribution in [0.4, 0.5) is 4.79 Å². The number of hydrogen-bond acceptors (Lipinski definition) is 6. The quantitative estimate of drug-likeness (QED) is 0.707. The van der Waals surface area contributed by atoms with Crippen LogP contribution in [0.1, 0.15) is 53.9 Å². The minimum absolute atomic E-state index is 0.307. The van der Waals surface area contributed by atoms with Crippen LogP contribution in [0, 0.1) is 11.8 Å².